The van der Waals surface area contributed by atoms with Crippen LogP contribution in [0.15, 0.2) is 6.07 Å². The number of nitrogens with one attached hydrogen (secondary N) is 1. The van der Waals surface area contributed by atoms with E-state index in [1.54, 1.807) is 0 Å². The van der Waals surface area contributed by atoms with Crippen molar-refractivity contribution >= 4 is 0 Å². The van der Waals surface area contributed by atoms with Gasteiger partial charge in [-0.25, -0.2) is 0 Å². The molecule has 0 spiro atoms. The van der Waals surface area contributed by atoms with Crippen molar-refractivity contribution in [1.29, 1.82) is 0 Å². The summed E-state index contributed by atoms with van der Waals surface area (Å²) in [4.78, 5) is 0. The zero-order chi connectivity index (χ0) is 12.3. The maximum Gasteiger partial charge on any atom is 0.0597 e. The van der Waals surface area contributed by atoms with Gasteiger partial charge in [0.25, 0.3) is 0 Å². The number of hydrogen-bond donors (Lipinski definition) is 1. The van der Waals surface area contributed by atoms with E-state index < -0.39 is 0 Å². The molecule has 0 saturated carbocycles. The van der Waals surface area contributed by atoms with Crippen LogP contribution in [0.5, 0.6) is 0 Å². The molecule has 4 heteroatoms. The monoisotopic (exact) mass is 237 g/mol. The number of ether oxygens (including phenoxy) is 1. The van der Waals surface area contributed by atoms with E-state index in [-0.39, 0.29) is 0 Å². The predicted octanol–water partition coefficient (Wildman–Crippen LogP) is 1.81. The maximum absolute atomic E-state index is 5.45. The molecule has 96 valence electrons. The van der Waals surface area contributed by atoms with Crippen LogP contribution in [-0.2, 0) is 11.8 Å². The molecular weight excluding hydrogens is 214 g/mol. The zero-order valence-electron chi connectivity index (χ0n) is 11.1. The first kappa shape index (κ1) is 12.6. The third kappa shape index (κ3) is 2.87. The molecule has 1 aliphatic heterocycles. The van der Waals surface area contributed by atoms with Crippen LogP contribution in [0.25, 0.3) is 0 Å². The van der Waals surface area contributed by atoms with E-state index in [1.165, 1.54) is 5.69 Å². The summed E-state index contributed by atoms with van der Waals surface area (Å²) in [6.07, 6.45) is 2.28. The van der Waals surface area contributed by atoms with E-state index in [0.29, 0.717) is 12.0 Å². The molecule has 1 aliphatic rings. The molecule has 1 unspecified atom stereocenters. The lowest BCUT2D eigenvalue weighted by molar-refractivity contribution is 0.0528. The third-order valence-electron chi connectivity index (χ3n) is 3.52. The molecular formula is C13H23N3O. The van der Waals surface area contributed by atoms with Crippen molar-refractivity contribution in [2.45, 2.75) is 32.7 Å². The Morgan fingerprint density at radius 3 is 2.76 bits per heavy atom. The fraction of sp³-hybridized carbons (Fsp3) is 0.769. The molecule has 1 N–H and O–H groups in total. The third-order valence-corrected chi connectivity index (χ3v) is 3.52. The topological polar surface area (TPSA) is 39.1 Å². The van der Waals surface area contributed by atoms with E-state index in [2.05, 4.69) is 30.3 Å². The van der Waals surface area contributed by atoms with E-state index in [4.69, 9.17) is 4.74 Å². The van der Waals surface area contributed by atoms with Crippen LogP contribution < -0.4 is 5.32 Å². The van der Waals surface area contributed by atoms with Gasteiger partial charge in [-0.05, 0) is 38.3 Å². The summed E-state index contributed by atoms with van der Waals surface area (Å²) >= 11 is 0. The molecule has 17 heavy (non-hydrogen) atoms. The fourth-order valence-electron chi connectivity index (χ4n) is 2.70. The van der Waals surface area contributed by atoms with E-state index >= 15 is 0 Å². The minimum absolute atomic E-state index is 0.412. The lowest BCUT2D eigenvalue weighted by atomic mass is 9.89. The summed E-state index contributed by atoms with van der Waals surface area (Å²) in [5, 5.41) is 8.06. The molecule has 2 rings (SSSR count). The van der Waals surface area contributed by atoms with Crippen LogP contribution in [0, 0.1) is 12.8 Å². The minimum atomic E-state index is 0.412. The molecule has 2 heterocycles. The molecule has 0 radical (unpaired) electrons. The van der Waals surface area contributed by atoms with Crippen molar-refractivity contribution in [3.05, 3.63) is 17.5 Å². The van der Waals surface area contributed by atoms with E-state index in [0.717, 1.165) is 38.3 Å². The molecule has 0 bridgehead atoms. The van der Waals surface area contributed by atoms with Crippen LogP contribution in [0.1, 0.15) is 37.2 Å². The van der Waals surface area contributed by atoms with Gasteiger partial charge in [0, 0.05) is 20.3 Å². The molecule has 1 aromatic rings. The second-order valence-electron chi connectivity index (χ2n) is 4.82. The Morgan fingerprint density at radius 2 is 2.24 bits per heavy atom. The Labute approximate surface area is 103 Å². The fourth-order valence-corrected chi connectivity index (χ4v) is 2.70. The summed E-state index contributed by atoms with van der Waals surface area (Å²) in [6, 6.07) is 2.61. The normalized spacial score (nSPS) is 19.5. The Bertz CT molecular complexity index is 356. The van der Waals surface area contributed by atoms with Crippen molar-refractivity contribution in [1.82, 2.24) is 15.1 Å². The van der Waals surface area contributed by atoms with Gasteiger partial charge in [-0.3, -0.25) is 4.68 Å². The van der Waals surface area contributed by atoms with Gasteiger partial charge in [0.1, 0.15) is 0 Å². The average Bonchev–Trinajstić information content (AvgIpc) is 2.66. The first-order valence-corrected chi connectivity index (χ1v) is 6.54. The van der Waals surface area contributed by atoms with Crippen molar-refractivity contribution in [3.63, 3.8) is 0 Å². The highest BCUT2D eigenvalue weighted by Gasteiger charge is 2.26. The Balaban J connectivity index is 2.18. The zero-order valence-corrected chi connectivity index (χ0v) is 11.1. The standard InChI is InChI=1S/C13H23N3O/c1-4-14-13(11-5-7-17-8-6-11)12-9-10(2)15-16(12)3/h9,11,13-14H,4-8H2,1-3H3. The van der Waals surface area contributed by atoms with Crippen molar-refractivity contribution in [2.75, 3.05) is 19.8 Å². The highest BCUT2D eigenvalue weighted by atomic mass is 16.5. The summed E-state index contributed by atoms with van der Waals surface area (Å²) in [7, 11) is 2.03. The highest BCUT2D eigenvalue weighted by Crippen LogP contribution is 2.30. The van der Waals surface area contributed by atoms with Crippen LogP contribution in [-0.4, -0.2) is 29.5 Å². The van der Waals surface area contributed by atoms with Gasteiger partial charge in [-0.2, -0.15) is 5.10 Å². The van der Waals surface area contributed by atoms with Crippen molar-refractivity contribution in [3.8, 4) is 0 Å². The first-order chi connectivity index (χ1) is 8.22. The molecule has 1 atom stereocenters. The molecule has 0 aliphatic carbocycles. The van der Waals surface area contributed by atoms with Gasteiger partial charge in [-0.1, -0.05) is 6.92 Å². The van der Waals surface area contributed by atoms with Gasteiger partial charge in [0.2, 0.25) is 0 Å². The minimum Gasteiger partial charge on any atom is -0.381 e. The maximum atomic E-state index is 5.45. The Hall–Kier alpha value is -0.870. The van der Waals surface area contributed by atoms with E-state index in [9.17, 15) is 0 Å². The quantitative estimate of drug-likeness (QED) is 0.868. The van der Waals surface area contributed by atoms with E-state index in [1.807, 2.05) is 11.7 Å². The largest absolute Gasteiger partial charge is 0.381 e. The van der Waals surface area contributed by atoms with Crippen LogP contribution in [0.3, 0.4) is 0 Å². The van der Waals surface area contributed by atoms with Crippen molar-refractivity contribution < 1.29 is 4.74 Å². The Morgan fingerprint density at radius 1 is 1.53 bits per heavy atom. The second-order valence-corrected chi connectivity index (χ2v) is 4.82. The summed E-state index contributed by atoms with van der Waals surface area (Å²) < 4.78 is 7.46. The smallest absolute Gasteiger partial charge is 0.0597 e. The SMILES string of the molecule is CCNC(c1cc(C)nn1C)C1CCOCC1. The predicted molar refractivity (Wildman–Crippen MR) is 67.9 cm³/mol. The lowest BCUT2D eigenvalue weighted by Gasteiger charge is -2.30. The van der Waals surface area contributed by atoms with Gasteiger partial charge in [-0.15, -0.1) is 0 Å². The Kier molecular flexibility index (Phi) is 4.18. The second kappa shape index (κ2) is 5.65. The summed E-state index contributed by atoms with van der Waals surface area (Å²) in [6.45, 7) is 6.99. The number of hydrogen-bond acceptors (Lipinski definition) is 3. The molecule has 0 amide bonds. The number of aromatic nitrogens is 2. The van der Waals surface area contributed by atoms with Crippen molar-refractivity contribution in [2.24, 2.45) is 13.0 Å². The molecule has 0 aromatic carbocycles. The molecule has 1 saturated heterocycles. The summed E-state index contributed by atoms with van der Waals surface area (Å²) in [5.74, 6) is 0.665. The average molecular weight is 237 g/mol. The van der Waals surface area contributed by atoms with Gasteiger partial charge in [0.15, 0.2) is 0 Å². The van der Waals surface area contributed by atoms with Crippen LogP contribution in [0.2, 0.25) is 0 Å². The van der Waals surface area contributed by atoms with Gasteiger partial charge in [0.05, 0.1) is 17.4 Å². The number of nitrogens with zero attached hydrogens (tertiary/aromatic N) is 2. The number of aryl methyl sites for hydroxylation is 2. The molecule has 1 fully saturated rings. The van der Waals surface area contributed by atoms with Crippen LogP contribution >= 0.6 is 0 Å². The van der Waals surface area contributed by atoms with Gasteiger partial charge >= 0.3 is 0 Å². The first-order valence-electron chi connectivity index (χ1n) is 6.54. The van der Waals surface area contributed by atoms with Crippen LogP contribution in [0.4, 0.5) is 0 Å². The molecule has 1 aromatic heterocycles. The van der Waals surface area contributed by atoms with Gasteiger partial charge < -0.3 is 10.1 Å². The summed E-state index contributed by atoms with van der Waals surface area (Å²) in [5.41, 5.74) is 2.40. The highest BCUT2D eigenvalue weighted by molar-refractivity contribution is 5.14. The molecule has 4 nitrogen and oxygen atoms in total. The number of rotatable bonds is 4. The lowest BCUT2D eigenvalue weighted by Crippen LogP contribution is -2.33.